The molecule has 0 heterocycles. The van der Waals surface area contributed by atoms with Crippen LogP contribution in [0.2, 0.25) is 0 Å². The van der Waals surface area contributed by atoms with E-state index in [-0.39, 0.29) is 19.6 Å². The van der Waals surface area contributed by atoms with Gasteiger partial charge in [0, 0.05) is 6.42 Å². The van der Waals surface area contributed by atoms with Gasteiger partial charge < -0.3 is 24.6 Å². The summed E-state index contributed by atoms with van der Waals surface area (Å²) in [6, 6.07) is 6.10. The summed E-state index contributed by atoms with van der Waals surface area (Å²) >= 11 is 0. The Kier molecular flexibility index (Phi) is 7.75. The summed E-state index contributed by atoms with van der Waals surface area (Å²) in [5.74, 6) is -2.52. The highest BCUT2D eigenvalue weighted by molar-refractivity contribution is 7.62. The topological polar surface area (TPSA) is 125 Å². The van der Waals surface area contributed by atoms with Gasteiger partial charge in [0.05, 0.1) is 18.5 Å². The molecule has 0 aliphatic rings. The zero-order valence-electron chi connectivity index (χ0n) is 16.4. The lowest BCUT2D eigenvalue weighted by atomic mass is 9.91. The van der Waals surface area contributed by atoms with Crippen LogP contribution < -0.4 is 11.0 Å². The summed E-state index contributed by atoms with van der Waals surface area (Å²) in [6.07, 6.45) is -0.287. The van der Waals surface area contributed by atoms with Gasteiger partial charge in [-0.1, -0.05) is 12.1 Å². The Bertz CT molecular complexity index is 701. The van der Waals surface area contributed by atoms with Crippen LogP contribution in [0.3, 0.4) is 0 Å². The predicted octanol–water partition coefficient (Wildman–Crippen LogP) is 2.24. The Morgan fingerprint density at radius 3 is 1.93 bits per heavy atom. The molecule has 0 fully saturated rings. The number of carbonyl (C=O) groups excluding carboxylic acids is 1. The van der Waals surface area contributed by atoms with E-state index in [1.165, 1.54) is 24.3 Å². The van der Waals surface area contributed by atoms with Crippen molar-refractivity contribution in [3.63, 3.8) is 0 Å². The Morgan fingerprint density at radius 2 is 1.56 bits per heavy atom. The van der Waals surface area contributed by atoms with E-state index in [0.717, 1.165) is 0 Å². The molecule has 1 rings (SSSR count). The molecule has 0 aliphatic heterocycles. The maximum Gasteiger partial charge on any atom is 0.361 e. The first-order valence-corrected chi connectivity index (χ1v) is 10.2. The molecule has 0 spiro atoms. The number of ether oxygens (including phenoxy) is 1. The molecule has 0 radical (unpaired) electrons. The lowest BCUT2D eigenvalue weighted by Gasteiger charge is -2.28. The van der Waals surface area contributed by atoms with Crippen LogP contribution in [0.4, 0.5) is 0 Å². The number of hydrogen-bond donors (Lipinski definition) is 2. The number of rotatable bonds is 9. The molecule has 0 aliphatic carbocycles. The molecule has 1 atom stereocenters. The van der Waals surface area contributed by atoms with Gasteiger partial charge >= 0.3 is 19.5 Å². The Morgan fingerprint density at radius 1 is 1.07 bits per heavy atom. The van der Waals surface area contributed by atoms with Crippen molar-refractivity contribution in [1.82, 2.24) is 0 Å². The van der Waals surface area contributed by atoms with Gasteiger partial charge in [0.1, 0.15) is 5.60 Å². The monoisotopic (exact) mass is 401 g/mol. The zero-order valence-corrected chi connectivity index (χ0v) is 17.2. The van der Waals surface area contributed by atoms with Crippen LogP contribution in [0.1, 0.15) is 40.2 Å². The van der Waals surface area contributed by atoms with E-state index in [1.54, 1.807) is 34.6 Å². The van der Waals surface area contributed by atoms with Crippen LogP contribution in [0.15, 0.2) is 24.3 Å². The van der Waals surface area contributed by atoms with Crippen molar-refractivity contribution < 1.29 is 33.0 Å². The average molecular weight is 401 g/mol. The summed E-state index contributed by atoms with van der Waals surface area (Å²) in [7, 11) is -3.45. The van der Waals surface area contributed by atoms with Gasteiger partial charge in [-0.2, -0.15) is 0 Å². The Labute approximate surface area is 159 Å². The second kappa shape index (κ2) is 8.97. The van der Waals surface area contributed by atoms with Crippen molar-refractivity contribution >= 4 is 24.8 Å². The fourth-order valence-electron chi connectivity index (χ4n) is 2.25. The molecule has 3 N–H and O–H groups in total. The first-order chi connectivity index (χ1) is 12.4. The van der Waals surface area contributed by atoms with Crippen LogP contribution in [-0.4, -0.2) is 41.4 Å². The van der Waals surface area contributed by atoms with E-state index in [2.05, 4.69) is 0 Å². The summed E-state index contributed by atoms with van der Waals surface area (Å²) < 4.78 is 28.4. The smallest absolute Gasteiger partial charge is 0.361 e. The van der Waals surface area contributed by atoms with E-state index < -0.39 is 30.7 Å². The van der Waals surface area contributed by atoms with E-state index in [1.807, 2.05) is 0 Å². The first-order valence-electron chi connectivity index (χ1n) is 8.62. The first kappa shape index (κ1) is 23.3. The molecule has 9 heteroatoms. The molecule has 0 bridgehead atoms. The maximum absolute atomic E-state index is 12.7. The number of carboxylic acid groups (broad SMARTS) is 1. The van der Waals surface area contributed by atoms with E-state index in [4.69, 9.17) is 19.5 Å². The largest absolute Gasteiger partial charge is 0.479 e. The predicted molar refractivity (Wildman–Crippen MR) is 101 cm³/mol. The standard InChI is InChI=1S/C18H28NO7P/c1-6-24-27(23,25-7-2)14-10-8-13(9-11-14)12-18(19,15(20)21)16(22)26-17(3,4)5/h8-11H,6-7,12,19H2,1-5H3,(H,20,21). The van der Waals surface area contributed by atoms with Crippen LogP contribution >= 0.6 is 7.60 Å². The Hall–Kier alpha value is -1.73. The summed E-state index contributed by atoms with van der Waals surface area (Å²) in [5, 5.41) is 9.81. The minimum absolute atomic E-state index is 0.211. The minimum Gasteiger partial charge on any atom is -0.479 e. The SMILES string of the molecule is CCOP(=O)(OCC)c1ccc(CC(N)(C(=O)O)C(=O)OC(C)(C)C)cc1. The lowest BCUT2D eigenvalue weighted by molar-refractivity contribution is -0.169. The van der Waals surface area contributed by atoms with Gasteiger partial charge in [0.25, 0.3) is 0 Å². The van der Waals surface area contributed by atoms with Crippen molar-refractivity contribution in [3.05, 3.63) is 29.8 Å². The third kappa shape index (κ3) is 6.14. The third-order valence-electron chi connectivity index (χ3n) is 3.48. The average Bonchev–Trinajstić information content (AvgIpc) is 2.54. The molecular weight excluding hydrogens is 373 g/mol. The van der Waals surface area contributed by atoms with Crippen molar-refractivity contribution in [1.29, 1.82) is 0 Å². The van der Waals surface area contributed by atoms with Crippen LogP contribution in [-0.2, 0) is 34.4 Å². The van der Waals surface area contributed by atoms with E-state index in [0.29, 0.717) is 10.9 Å². The van der Waals surface area contributed by atoms with Crippen molar-refractivity contribution in [2.24, 2.45) is 5.73 Å². The molecule has 27 heavy (non-hydrogen) atoms. The Balaban J connectivity index is 3.10. The number of carboxylic acids is 1. The molecule has 0 amide bonds. The molecule has 0 aromatic heterocycles. The van der Waals surface area contributed by atoms with Crippen molar-refractivity contribution in [2.45, 2.75) is 52.2 Å². The third-order valence-corrected chi connectivity index (χ3v) is 5.61. The molecule has 1 aromatic carbocycles. The summed E-state index contributed by atoms with van der Waals surface area (Å²) in [4.78, 5) is 23.9. The fourth-order valence-corrected chi connectivity index (χ4v) is 3.82. The number of aliphatic carboxylic acids is 1. The molecular formula is C18H28NO7P. The molecule has 1 unspecified atom stereocenters. The normalized spacial score (nSPS) is 14.4. The van der Waals surface area contributed by atoms with Crippen LogP contribution in [0.25, 0.3) is 0 Å². The number of carbonyl (C=O) groups is 2. The van der Waals surface area contributed by atoms with Gasteiger partial charge in [-0.3, -0.25) is 4.57 Å². The summed E-state index contributed by atoms with van der Waals surface area (Å²) in [5.41, 5.74) is 3.22. The van der Waals surface area contributed by atoms with Gasteiger partial charge in [0.2, 0.25) is 5.54 Å². The summed E-state index contributed by atoms with van der Waals surface area (Å²) in [6.45, 7) is 8.71. The second-order valence-corrected chi connectivity index (χ2v) is 8.98. The molecule has 0 saturated carbocycles. The molecule has 8 nitrogen and oxygen atoms in total. The second-order valence-electron chi connectivity index (χ2n) is 6.95. The maximum atomic E-state index is 12.7. The van der Waals surface area contributed by atoms with Gasteiger partial charge in [-0.25, -0.2) is 9.59 Å². The number of esters is 1. The van der Waals surface area contributed by atoms with Gasteiger partial charge in [-0.05, 0) is 52.3 Å². The number of benzene rings is 1. The van der Waals surface area contributed by atoms with Crippen molar-refractivity contribution in [3.8, 4) is 0 Å². The lowest BCUT2D eigenvalue weighted by Crippen LogP contribution is -2.58. The minimum atomic E-state index is -3.45. The molecule has 152 valence electrons. The highest BCUT2D eigenvalue weighted by Gasteiger charge is 2.45. The van der Waals surface area contributed by atoms with E-state index in [9.17, 15) is 19.3 Å². The van der Waals surface area contributed by atoms with Gasteiger partial charge in [-0.15, -0.1) is 0 Å². The number of hydrogen-bond acceptors (Lipinski definition) is 7. The van der Waals surface area contributed by atoms with E-state index >= 15 is 0 Å². The quantitative estimate of drug-likeness (QED) is 0.367. The van der Waals surface area contributed by atoms with Gasteiger partial charge in [0.15, 0.2) is 0 Å². The highest BCUT2D eigenvalue weighted by atomic mass is 31.2. The van der Waals surface area contributed by atoms with Crippen molar-refractivity contribution in [2.75, 3.05) is 13.2 Å². The molecule has 1 aromatic rings. The zero-order chi connectivity index (χ0) is 20.9. The fraction of sp³-hybridized carbons (Fsp3) is 0.556. The molecule has 0 saturated heterocycles. The number of nitrogens with two attached hydrogens (primary N) is 1. The van der Waals surface area contributed by atoms with Crippen LogP contribution in [0, 0.1) is 0 Å². The highest BCUT2D eigenvalue weighted by Crippen LogP contribution is 2.46. The van der Waals surface area contributed by atoms with Crippen LogP contribution in [0.5, 0.6) is 0 Å².